The molecule has 1 saturated heterocycles. The molecule has 2 amide bonds. The largest absolute Gasteiger partial charge is 0.492 e. The molecule has 1 aliphatic rings. The van der Waals surface area contributed by atoms with E-state index in [1.807, 2.05) is 30.3 Å². The van der Waals surface area contributed by atoms with Crippen molar-refractivity contribution in [3.05, 3.63) is 54.1 Å². The zero-order chi connectivity index (χ0) is 24.6. The molecule has 0 aliphatic carbocycles. The van der Waals surface area contributed by atoms with E-state index in [4.69, 9.17) is 9.47 Å². The number of hydrogen-bond acceptors (Lipinski definition) is 6. The lowest BCUT2D eigenvalue weighted by Gasteiger charge is -2.27. The minimum atomic E-state index is -3.78. The third-order valence-corrected chi connectivity index (χ3v) is 7.30. The molecule has 2 N–H and O–H groups in total. The maximum atomic E-state index is 13.2. The zero-order valence-electron chi connectivity index (χ0n) is 19.5. The number of piperidine rings is 1. The Morgan fingerprint density at radius 1 is 1.06 bits per heavy atom. The first-order valence-electron chi connectivity index (χ1n) is 11.4. The maximum Gasteiger partial charge on any atom is 0.408 e. The summed E-state index contributed by atoms with van der Waals surface area (Å²) in [4.78, 5) is 24.7. The Hall–Kier alpha value is -3.11. The third-order valence-electron chi connectivity index (χ3n) is 5.38. The van der Waals surface area contributed by atoms with Gasteiger partial charge >= 0.3 is 6.09 Å². The monoisotopic (exact) mass is 489 g/mol. The predicted octanol–water partition coefficient (Wildman–Crippen LogP) is 3.51. The number of carbonyl (C=O) groups excluding carboxylic acids is 2. The van der Waals surface area contributed by atoms with E-state index in [-0.39, 0.29) is 22.9 Å². The van der Waals surface area contributed by atoms with Gasteiger partial charge in [-0.1, -0.05) is 36.8 Å². The highest BCUT2D eigenvalue weighted by Crippen LogP contribution is 2.31. The first-order chi connectivity index (χ1) is 16.3. The quantitative estimate of drug-likeness (QED) is 0.557. The molecular formula is C24H31N3O6S. The molecule has 0 bridgehead atoms. The number of nitrogens with one attached hydrogen (secondary N) is 2. The Kier molecular flexibility index (Phi) is 8.89. The lowest BCUT2D eigenvalue weighted by molar-refractivity contribution is -0.117. The molecule has 0 unspecified atom stereocenters. The van der Waals surface area contributed by atoms with E-state index in [1.54, 1.807) is 13.0 Å². The van der Waals surface area contributed by atoms with Crippen LogP contribution >= 0.6 is 0 Å². The van der Waals surface area contributed by atoms with Gasteiger partial charge in [-0.3, -0.25) is 4.79 Å². The second-order valence-electron chi connectivity index (χ2n) is 7.98. The third kappa shape index (κ3) is 6.71. The van der Waals surface area contributed by atoms with Gasteiger partial charge in [0, 0.05) is 18.8 Å². The highest BCUT2D eigenvalue weighted by Gasteiger charge is 2.29. The average Bonchev–Trinajstić information content (AvgIpc) is 2.85. The van der Waals surface area contributed by atoms with E-state index in [9.17, 15) is 18.0 Å². The number of alkyl carbamates (subject to hydrolysis) is 1. The topological polar surface area (TPSA) is 114 Å². The smallest absolute Gasteiger partial charge is 0.408 e. The fraction of sp³-hybridized carbons (Fsp3) is 0.417. The number of sulfonamides is 1. The Morgan fingerprint density at radius 2 is 1.76 bits per heavy atom. The molecule has 0 radical (unpaired) electrons. The van der Waals surface area contributed by atoms with Crippen molar-refractivity contribution in [2.24, 2.45) is 0 Å². The summed E-state index contributed by atoms with van der Waals surface area (Å²) in [7, 11) is -3.78. The number of anilines is 1. The first kappa shape index (κ1) is 25.5. The number of benzene rings is 2. The molecule has 34 heavy (non-hydrogen) atoms. The summed E-state index contributed by atoms with van der Waals surface area (Å²) in [5.41, 5.74) is 1.11. The van der Waals surface area contributed by atoms with Crippen LogP contribution in [0.1, 0.15) is 38.7 Å². The van der Waals surface area contributed by atoms with Crippen LogP contribution in [0.5, 0.6) is 5.75 Å². The van der Waals surface area contributed by atoms with E-state index < -0.39 is 28.1 Å². The maximum absolute atomic E-state index is 13.2. The number of hydrogen-bond donors (Lipinski definition) is 2. The molecule has 0 spiro atoms. The summed E-state index contributed by atoms with van der Waals surface area (Å²) in [6.45, 7) is 4.58. The Morgan fingerprint density at radius 3 is 2.44 bits per heavy atom. The minimum absolute atomic E-state index is 0.0110. The molecule has 2 aromatic carbocycles. The number of rotatable bonds is 9. The summed E-state index contributed by atoms with van der Waals surface area (Å²) in [6, 6.07) is 12.8. The highest BCUT2D eigenvalue weighted by atomic mass is 32.2. The molecule has 1 fully saturated rings. The van der Waals surface area contributed by atoms with Gasteiger partial charge in [-0.15, -0.1) is 0 Å². The van der Waals surface area contributed by atoms with Gasteiger partial charge in [0.2, 0.25) is 15.9 Å². The van der Waals surface area contributed by atoms with Crippen LogP contribution in [0.15, 0.2) is 53.4 Å². The lowest BCUT2D eigenvalue weighted by atomic mass is 10.2. The van der Waals surface area contributed by atoms with Crippen LogP contribution < -0.4 is 15.4 Å². The molecule has 1 heterocycles. The summed E-state index contributed by atoms with van der Waals surface area (Å²) in [5, 5.41) is 5.13. The molecule has 0 saturated carbocycles. The van der Waals surface area contributed by atoms with Gasteiger partial charge in [-0.2, -0.15) is 4.31 Å². The molecule has 3 rings (SSSR count). The molecule has 1 atom stereocenters. The number of ether oxygens (including phenoxy) is 2. The van der Waals surface area contributed by atoms with Crippen molar-refractivity contribution in [1.29, 1.82) is 0 Å². The normalized spacial score (nSPS) is 15.2. The second-order valence-corrected chi connectivity index (χ2v) is 9.88. The lowest BCUT2D eigenvalue weighted by Crippen LogP contribution is -2.41. The molecule has 1 aliphatic heterocycles. The highest BCUT2D eigenvalue weighted by molar-refractivity contribution is 7.89. The van der Waals surface area contributed by atoms with Gasteiger partial charge in [0.25, 0.3) is 0 Å². The molecular weight excluding hydrogens is 458 g/mol. The molecule has 10 heteroatoms. The molecule has 0 aromatic heterocycles. The van der Waals surface area contributed by atoms with E-state index in [0.717, 1.165) is 24.8 Å². The first-order valence-corrected chi connectivity index (χ1v) is 12.8. The van der Waals surface area contributed by atoms with Crippen molar-refractivity contribution < 1.29 is 27.5 Å². The standard InChI is InChI=1S/C24H31N3O6S/c1-3-32-21-13-12-20(16-22(21)34(30,31)27-14-8-5-9-15-27)26-23(28)18(2)25-24(29)33-17-19-10-6-4-7-11-19/h4,6-7,10-13,16,18H,3,5,8-9,14-15,17H2,1-2H3,(H,25,29)(H,26,28)/t18-/m0/s1. The van der Waals surface area contributed by atoms with Gasteiger partial charge in [0.1, 0.15) is 23.3 Å². The van der Waals surface area contributed by atoms with Gasteiger partial charge in [0.05, 0.1) is 6.61 Å². The fourth-order valence-electron chi connectivity index (χ4n) is 3.56. The predicted molar refractivity (Wildman–Crippen MR) is 128 cm³/mol. The van der Waals surface area contributed by atoms with E-state index in [0.29, 0.717) is 19.7 Å². The van der Waals surface area contributed by atoms with Gasteiger partial charge < -0.3 is 20.1 Å². The Bertz CT molecular complexity index is 1090. The van der Waals surface area contributed by atoms with Crippen molar-refractivity contribution in [3.63, 3.8) is 0 Å². The van der Waals surface area contributed by atoms with Crippen LogP contribution in [0.2, 0.25) is 0 Å². The van der Waals surface area contributed by atoms with E-state index in [2.05, 4.69) is 10.6 Å². The SMILES string of the molecule is CCOc1ccc(NC(=O)[C@H](C)NC(=O)OCc2ccccc2)cc1S(=O)(=O)N1CCCCC1. The molecule has 2 aromatic rings. The molecule has 184 valence electrons. The summed E-state index contributed by atoms with van der Waals surface area (Å²) in [6.07, 6.45) is 1.89. The zero-order valence-corrected chi connectivity index (χ0v) is 20.3. The summed E-state index contributed by atoms with van der Waals surface area (Å²) < 4.78 is 38.6. The fourth-order valence-corrected chi connectivity index (χ4v) is 5.24. The summed E-state index contributed by atoms with van der Waals surface area (Å²) in [5.74, 6) is -0.274. The van der Waals surface area contributed by atoms with Crippen LogP contribution in [0.4, 0.5) is 10.5 Å². The van der Waals surface area contributed by atoms with E-state index in [1.165, 1.54) is 23.4 Å². The van der Waals surface area contributed by atoms with Crippen molar-refractivity contribution >= 4 is 27.7 Å². The number of carbonyl (C=O) groups is 2. The van der Waals surface area contributed by atoms with Crippen molar-refractivity contribution in [2.75, 3.05) is 25.0 Å². The van der Waals surface area contributed by atoms with Crippen LogP contribution in [-0.4, -0.2) is 50.5 Å². The summed E-state index contributed by atoms with van der Waals surface area (Å²) >= 11 is 0. The van der Waals surface area contributed by atoms with E-state index >= 15 is 0 Å². The molecule has 9 nitrogen and oxygen atoms in total. The van der Waals surface area contributed by atoms with Gasteiger partial charge in [-0.25, -0.2) is 13.2 Å². The van der Waals surface area contributed by atoms with Gasteiger partial charge in [-0.05, 0) is 50.5 Å². The van der Waals surface area contributed by atoms with Crippen molar-refractivity contribution in [1.82, 2.24) is 9.62 Å². The van der Waals surface area contributed by atoms with Crippen molar-refractivity contribution in [3.8, 4) is 5.75 Å². The van der Waals surface area contributed by atoms with Crippen molar-refractivity contribution in [2.45, 2.75) is 50.7 Å². The number of nitrogens with zero attached hydrogens (tertiary/aromatic N) is 1. The minimum Gasteiger partial charge on any atom is -0.492 e. The number of amides is 2. The Labute approximate surface area is 200 Å². The average molecular weight is 490 g/mol. The second kappa shape index (κ2) is 11.8. The Balaban J connectivity index is 1.66. The van der Waals surface area contributed by atoms with Crippen LogP contribution in [0, 0.1) is 0 Å². The van der Waals surface area contributed by atoms with Crippen LogP contribution in [0.25, 0.3) is 0 Å². The van der Waals surface area contributed by atoms with Gasteiger partial charge in [0.15, 0.2) is 0 Å². The van der Waals surface area contributed by atoms with Crippen LogP contribution in [0.3, 0.4) is 0 Å². The van der Waals surface area contributed by atoms with Crippen LogP contribution in [-0.2, 0) is 26.2 Å².